The van der Waals surface area contributed by atoms with Crippen molar-refractivity contribution in [2.45, 2.75) is 44.6 Å². The highest BCUT2D eigenvalue weighted by Crippen LogP contribution is 2.48. The van der Waals surface area contributed by atoms with E-state index in [2.05, 4.69) is 53.4 Å². The summed E-state index contributed by atoms with van der Waals surface area (Å²) in [6.45, 7) is 8.45. The van der Waals surface area contributed by atoms with Crippen LogP contribution in [0, 0.1) is 13.8 Å². The highest BCUT2D eigenvalue weighted by Gasteiger charge is 2.44. The number of aliphatic imine (C=N–C) groups is 1. The van der Waals surface area contributed by atoms with Crippen LogP contribution in [0.25, 0.3) is 0 Å². The van der Waals surface area contributed by atoms with Crippen molar-refractivity contribution in [2.24, 2.45) is 4.99 Å². The van der Waals surface area contributed by atoms with Gasteiger partial charge in [0.25, 0.3) is 0 Å². The number of fused-ring (bicyclic) bond motifs is 1. The zero-order valence-corrected chi connectivity index (χ0v) is 17.2. The van der Waals surface area contributed by atoms with Gasteiger partial charge in [0.05, 0.1) is 24.5 Å². The molecular weight excluding hydrogens is 368 g/mol. The van der Waals surface area contributed by atoms with Gasteiger partial charge in [0.1, 0.15) is 11.8 Å². The molecule has 0 spiro atoms. The molecule has 5 rings (SSSR count). The number of hydrogen-bond donors (Lipinski definition) is 0. The molecular formula is C22H24N4OS. The zero-order chi connectivity index (χ0) is 19.3. The van der Waals surface area contributed by atoms with Crippen LogP contribution in [0.3, 0.4) is 0 Å². The van der Waals surface area contributed by atoms with Gasteiger partial charge in [0.2, 0.25) is 0 Å². The molecule has 1 saturated heterocycles. The quantitative estimate of drug-likeness (QED) is 0.644. The largest absolute Gasteiger partial charge is 0.467 e. The number of hydrogen-bond acceptors (Lipinski definition) is 5. The van der Waals surface area contributed by atoms with E-state index in [0.717, 1.165) is 29.7 Å². The zero-order valence-electron chi connectivity index (χ0n) is 16.4. The first kappa shape index (κ1) is 17.6. The Morgan fingerprint density at radius 2 is 2.11 bits per heavy atom. The van der Waals surface area contributed by atoms with Crippen LogP contribution in [-0.2, 0) is 6.54 Å². The van der Waals surface area contributed by atoms with E-state index in [1.165, 1.54) is 17.0 Å². The third kappa shape index (κ3) is 2.87. The number of amidine groups is 1. The lowest BCUT2D eigenvalue weighted by atomic mass is 9.96. The molecule has 5 heterocycles. The number of rotatable bonds is 4. The van der Waals surface area contributed by atoms with Gasteiger partial charge >= 0.3 is 0 Å². The normalized spacial score (nSPS) is 23.9. The van der Waals surface area contributed by atoms with Crippen LogP contribution in [-0.4, -0.2) is 31.4 Å². The second-order valence-corrected chi connectivity index (χ2v) is 9.03. The van der Waals surface area contributed by atoms with Crippen molar-refractivity contribution in [2.75, 3.05) is 6.54 Å². The van der Waals surface area contributed by atoms with Crippen molar-refractivity contribution in [1.82, 2.24) is 14.5 Å². The SMILES string of the molecule is Cc1cc([C@@H]2[C@@H](c3ccccn3)N=C3S[C@H](C)CN32)c(C)n1Cc1ccco1. The Labute approximate surface area is 169 Å². The van der Waals surface area contributed by atoms with E-state index in [1.54, 1.807) is 6.26 Å². The van der Waals surface area contributed by atoms with Gasteiger partial charge in [-0.15, -0.1) is 0 Å². The maximum absolute atomic E-state index is 5.59. The highest BCUT2D eigenvalue weighted by atomic mass is 32.2. The lowest BCUT2D eigenvalue weighted by Crippen LogP contribution is -2.29. The van der Waals surface area contributed by atoms with Gasteiger partial charge in [0, 0.05) is 29.4 Å². The molecule has 2 aliphatic rings. The van der Waals surface area contributed by atoms with Crippen LogP contribution in [0.1, 0.15) is 47.4 Å². The van der Waals surface area contributed by atoms with Gasteiger partial charge in [-0.3, -0.25) is 9.98 Å². The molecule has 3 aromatic heterocycles. The van der Waals surface area contributed by atoms with Crippen LogP contribution < -0.4 is 0 Å². The van der Waals surface area contributed by atoms with E-state index >= 15 is 0 Å². The molecule has 0 saturated carbocycles. The Morgan fingerprint density at radius 3 is 2.86 bits per heavy atom. The number of thioether (sulfide) groups is 1. The summed E-state index contributed by atoms with van der Waals surface area (Å²) in [7, 11) is 0. The number of pyridine rings is 1. The minimum atomic E-state index is 0.0359. The maximum Gasteiger partial charge on any atom is 0.160 e. The minimum absolute atomic E-state index is 0.0359. The van der Waals surface area contributed by atoms with Gasteiger partial charge in [-0.2, -0.15) is 0 Å². The minimum Gasteiger partial charge on any atom is -0.467 e. The Bertz CT molecular complexity index is 1010. The van der Waals surface area contributed by atoms with Gasteiger partial charge in [-0.05, 0) is 49.7 Å². The molecule has 0 bridgehead atoms. The molecule has 6 heteroatoms. The summed E-state index contributed by atoms with van der Waals surface area (Å²) < 4.78 is 7.93. The summed E-state index contributed by atoms with van der Waals surface area (Å²) in [4.78, 5) is 12.2. The number of aromatic nitrogens is 2. The predicted molar refractivity (Wildman–Crippen MR) is 113 cm³/mol. The van der Waals surface area contributed by atoms with E-state index < -0.39 is 0 Å². The standard InChI is InChI=1S/C22H24N4OS/c1-14-11-18(16(3)25(14)13-17-7-6-10-27-17)21-20(19-8-4-5-9-23-19)24-22-26(21)12-15(2)28-22/h4-11,15,20-21H,12-13H2,1-3H3/t15-,20-,21-/m1/s1. The first-order chi connectivity index (χ1) is 13.6. The maximum atomic E-state index is 5.59. The Kier molecular flexibility index (Phi) is 4.31. The van der Waals surface area contributed by atoms with Crippen molar-refractivity contribution in [1.29, 1.82) is 0 Å². The molecule has 0 amide bonds. The smallest absolute Gasteiger partial charge is 0.160 e. The lowest BCUT2D eigenvalue weighted by molar-refractivity contribution is 0.320. The van der Waals surface area contributed by atoms with E-state index in [1.807, 2.05) is 36.2 Å². The average Bonchev–Trinajstić information content (AvgIpc) is 3.44. The summed E-state index contributed by atoms with van der Waals surface area (Å²) in [6, 6.07) is 12.6. The fraction of sp³-hybridized carbons (Fsp3) is 0.364. The van der Waals surface area contributed by atoms with Crippen LogP contribution in [0.15, 0.2) is 58.3 Å². The van der Waals surface area contributed by atoms with Crippen molar-refractivity contribution in [3.05, 3.63) is 77.3 Å². The third-order valence-electron chi connectivity index (χ3n) is 5.71. The summed E-state index contributed by atoms with van der Waals surface area (Å²) in [5.74, 6) is 0.975. The Hall–Kier alpha value is -2.47. The van der Waals surface area contributed by atoms with Gasteiger partial charge in [-0.25, -0.2) is 0 Å². The molecule has 144 valence electrons. The van der Waals surface area contributed by atoms with E-state index in [0.29, 0.717) is 5.25 Å². The van der Waals surface area contributed by atoms with Crippen molar-refractivity contribution in [3.8, 4) is 0 Å². The van der Waals surface area contributed by atoms with Gasteiger partial charge in [-0.1, -0.05) is 24.8 Å². The van der Waals surface area contributed by atoms with Crippen molar-refractivity contribution in [3.63, 3.8) is 0 Å². The summed E-state index contributed by atoms with van der Waals surface area (Å²) in [5, 5.41) is 1.72. The molecule has 1 fully saturated rings. The Balaban J connectivity index is 1.56. The molecule has 3 aromatic rings. The molecule has 28 heavy (non-hydrogen) atoms. The van der Waals surface area contributed by atoms with Crippen molar-refractivity contribution < 1.29 is 4.42 Å². The van der Waals surface area contributed by atoms with Crippen LogP contribution >= 0.6 is 11.8 Å². The average molecular weight is 393 g/mol. The summed E-state index contributed by atoms with van der Waals surface area (Å²) in [5.41, 5.74) is 4.91. The predicted octanol–water partition coefficient (Wildman–Crippen LogP) is 4.73. The highest BCUT2D eigenvalue weighted by molar-refractivity contribution is 8.14. The second kappa shape index (κ2) is 6.85. The summed E-state index contributed by atoms with van der Waals surface area (Å²) in [6.07, 6.45) is 3.60. The molecule has 0 radical (unpaired) electrons. The number of aryl methyl sites for hydroxylation is 1. The lowest BCUT2D eigenvalue weighted by Gasteiger charge is -2.27. The van der Waals surface area contributed by atoms with Crippen LogP contribution in [0.2, 0.25) is 0 Å². The molecule has 0 aliphatic carbocycles. The number of furan rings is 1. The molecule has 5 nitrogen and oxygen atoms in total. The van der Waals surface area contributed by atoms with Crippen LogP contribution in [0.4, 0.5) is 0 Å². The Morgan fingerprint density at radius 1 is 1.21 bits per heavy atom. The molecule has 2 aliphatic heterocycles. The van der Waals surface area contributed by atoms with Gasteiger partial charge in [0.15, 0.2) is 5.17 Å². The topological polar surface area (TPSA) is 46.6 Å². The molecule has 0 aromatic carbocycles. The van der Waals surface area contributed by atoms with Crippen molar-refractivity contribution >= 4 is 16.9 Å². The third-order valence-corrected chi connectivity index (χ3v) is 6.81. The van der Waals surface area contributed by atoms with E-state index in [-0.39, 0.29) is 12.1 Å². The van der Waals surface area contributed by atoms with Gasteiger partial charge < -0.3 is 13.9 Å². The molecule has 0 unspecified atom stereocenters. The monoisotopic (exact) mass is 392 g/mol. The number of nitrogens with zero attached hydrogens (tertiary/aromatic N) is 4. The summed E-state index contributed by atoms with van der Waals surface area (Å²) >= 11 is 1.88. The fourth-order valence-electron chi connectivity index (χ4n) is 4.38. The van der Waals surface area contributed by atoms with Crippen LogP contribution in [0.5, 0.6) is 0 Å². The first-order valence-electron chi connectivity index (χ1n) is 9.73. The molecule has 0 N–H and O–H groups in total. The first-order valence-corrected chi connectivity index (χ1v) is 10.6. The second-order valence-electron chi connectivity index (χ2n) is 7.63. The molecule has 3 atom stereocenters. The fourth-order valence-corrected chi connectivity index (χ4v) is 5.48. The van der Waals surface area contributed by atoms with E-state index in [9.17, 15) is 0 Å². The van der Waals surface area contributed by atoms with E-state index in [4.69, 9.17) is 9.41 Å².